The quantitative estimate of drug-likeness (QED) is 0.690. The third-order valence-corrected chi connectivity index (χ3v) is 3.94. The maximum atomic E-state index is 11.6. The second-order valence-corrected chi connectivity index (χ2v) is 6.24. The first-order valence-corrected chi connectivity index (χ1v) is 8.62. The number of rotatable bonds is 7. The maximum absolute atomic E-state index is 11.6. The van der Waals surface area contributed by atoms with E-state index in [0.29, 0.717) is 17.7 Å². The van der Waals surface area contributed by atoms with Crippen LogP contribution in [0.4, 0.5) is 0 Å². The molecule has 2 rings (SSSR count). The van der Waals surface area contributed by atoms with Crippen LogP contribution >= 0.6 is 27.7 Å². The summed E-state index contributed by atoms with van der Waals surface area (Å²) in [4.78, 5) is 22.9. The van der Waals surface area contributed by atoms with Crippen molar-refractivity contribution in [1.29, 1.82) is 0 Å². The lowest BCUT2D eigenvalue weighted by Crippen LogP contribution is -2.37. The van der Waals surface area contributed by atoms with Gasteiger partial charge in [0.2, 0.25) is 17.7 Å². The van der Waals surface area contributed by atoms with Gasteiger partial charge in [-0.15, -0.1) is 10.2 Å². The molecule has 1 aromatic carbocycles. The van der Waals surface area contributed by atoms with Gasteiger partial charge in [0.1, 0.15) is 0 Å². The number of nitrogens with zero attached hydrogens (tertiary/aromatic N) is 2. The molecule has 2 N–H and O–H groups in total. The molecule has 0 aliphatic carbocycles. The summed E-state index contributed by atoms with van der Waals surface area (Å²) < 4.78 is 6.41. The molecular weight excluding hydrogens is 384 g/mol. The van der Waals surface area contributed by atoms with Gasteiger partial charge in [-0.1, -0.05) is 33.8 Å². The lowest BCUT2D eigenvalue weighted by molar-refractivity contribution is -0.124. The smallest absolute Gasteiger partial charge is 0.277 e. The number of thioether (sulfide) groups is 1. The molecule has 2 amide bonds. The van der Waals surface area contributed by atoms with Gasteiger partial charge in [0.05, 0.1) is 12.3 Å². The highest BCUT2D eigenvalue weighted by Crippen LogP contribution is 2.25. The van der Waals surface area contributed by atoms with E-state index in [1.54, 1.807) is 0 Å². The van der Waals surface area contributed by atoms with Crippen molar-refractivity contribution in [2.45, 2.75) is 12.1 Å². The van der Waals surface area contributed by atoms with Crippen LogP contribution < -0.4 is 10.6 Å². The van der Waals surface area contributed by atoms with Crippen molar-refractivity contribution in [1.82, 2.24) is 20.8 Å². The number of benzene rings is 1. The van der Waals surface area contributed by atoms with E-state index in [4.69, 9.17) is 4.42 Å². The SMILES string of the molecule is CCNC(=O)CNC(=O)CSc1nnc(-c2cccc(Br)c2)o1. The van der Waals surface area contributed by atoms with Crippen LogP contribution in [-0.4, -0.2) is 40.9 Å². The molecule has 0 spiro atoms. The summed E-state index contributed by atoms with van der Waals surface area (Å²) in [6.45, 7) is 2.30. The highest BCUT2D eigenvalue weighted by atomic mass is 79.9. The molecule has 0 unspecified atom stereocenters. The molecule has 0 radical (unpaired) electrons. The second-order valence-electron chi connectivity index (χ2n) is 4.40. The molecule has 23 heavy (non-hydrogen) atoms. The first-order valence-electron chi connectivity index (χ1n) is 6.84. The Morgan fingerprint density at radius 3 is 2.83 bits per heavy atom. The fourth-order valence-corrected chi connectivity index (χ4v) is 2.62. The van der Waals surface area contributed by atoms with Crippen LogP contribution in [-0.2, 0) is 9.59 Å². The van der Waals surface area contributed by atoms with Crippen LogP contribution in [0, 0.1) is 0 Å². The average Bonchev–Trinajstić information content (AvgIpc) is 3.00. The first-order chi connectivity index (χ1) is 11.1. The standard InChI is InChI=1S/C14H15BrN4O3S/c1-2-16-11(20)7-17-12(21)8-23-14-19-18-13(22-14)9-4-3-5-10(15)6-9/h3-6H,2,7-8H2,1H3,(H,16,20)(H,17,21). The largest absolute Gasteiger partial charge is 0.411 e. The molecule has 0 fully saturated rings. The van der Waals surface area contributed by atoms with E-state index < -0.39 is 0 Å². The summed E-state index contributed by atoms with van der Waals surface area (Å²) in [6.07, 6.45) is 0. The van der Waals surface area contributed by atoms with Crippen molar-refractivity contribution in [3.05, 3.63) is 28.7 Å². The maximum Gasteiger partial charge on any atom is 0.277 e. The fourth-order valence-electron chi connectivity index (χ4n) is 1.62. The second kappa shape index (κ2) is 8.68. The third-order valence-electron chi connectivity index (χ3n) is 2.62. The monoisotopic (exact) mass is 398 g/mol. The first kappa shape index (κ1) is 17.5. The number of aromatic nitrogens is 2. The Morgan fingerprint density at radius 1 is 1.26 bits per heavy atom. The molecule has 0 bridgehead atoms. The minimum absolute atomic E-state index is 0.0413. The molecule has 122 valence electrons. The van der Waals surface area contributed by atoms with Crippen LogP contribution in [0.5, 0.6) is 0 Å². The van der Waals surface area contributed by atoms with Crippen molar-refractivity contribution in [2.24, 2.45) is 0 Å². The number of hydrogen-bond donors (Lipinski definition) is 2. The van der Waals surface area contributed by atoms with Gasteiger partial charge >= 0.3 is 0 Å². The van der Waals surface area contributed by atoms with Gasteiger partial charge in [-0.3, -0.25) is 9.59 Å². The summed E-state index contributed by atoms with van der Waals surface area (Å²) in [6, 6.07) is 7.48. The molecule has 1 aromatic heterocycles. The minimum atomic E-state index is -0.275. The zero-order chi connectivity index (χ0) is 16.7. The average molecular weight is 399 g/mol. The van der Waals surface area contributed by atoms with Gasteiger partial charge in [0, 0.05) is 16.6 Å². The third kappa shape index (κ3) is 5.68. The van der Waals surface area contributed by atoms with Crippen molar-refractivity contribution >= 4 is 39.5 Å². The van der Waals surface area contributed by atoms with E-state index in [2.05, 4.69) is 36.8 Å². The van der Waals surface area contributed by atoms with Crippen molar-refractivity contribution in [3.8, 4) is 11.5 Å². The number of nitrogens with one attached hydrogen (secondary N) is 2. The molecule has 0 aliphatic rings. The summed E-state index contributed by atoms with van der Waals surface area (Å²) in [5.74, 6) is -0.0138. The number of amides is 2. The lowest BCUT2D eigenvalue weighted by Gasteiger charge is -2.03. The fraction of sp³-hybridized carbons (Fsp3) is 0.286. The molecular formula is C14H15BrN4O3S. The van der Waals surface area contributed by atoms with Crippen molar-refractivity contribution < 1.29 is 14.0 Å². The molecule has 0 saturated heterocycles. The summed E-state index contributed by atoms with van der Waals surface area (Å²) in [5.41, 5.74) is 0.791. The summed E-state index contributed by atoms with van der Waals surface area (Å²) in [7, 11) is 0. The number of carbonyl (C=O) groups excluding carboxylic acids is 2. The predicted octanol–water partition coefficient (Wildman–Crippen LogP) is 1.84. The van der Waals surface area contributed by atoms with Crippen molar-refractivity contribution in [3.63, 3.8) is 0 Å². The molecule has 1 heterocycles. The lowest BCUT2D eigenvalue weighted by atomic mass is 10.2. The Bertz CT molecular complexity index is 692. The van der Waals surface area contributed by atoms with Gasteiger partial charge < -0.3 is 15.1 Å². The zero-order valence-corrected chi connectivity index (χ0v) is 14.7. The molecule has 7 nitrogen and oxygen atoms in total. The van der Waals surface area contributed by atoms with E-state index in [-0.39, 0.29) is 24.1 Å². The number of hydrogen-bond acceptors (Lipinski definition) is 6. The van der Waals surface area contributed by atoms with Crippen LogP contribution in [0.3, 0.4) is 0 Å². The van der Waals surface area contributed by atoms with E-state index in [1.165, 1.54) is 0 Å². The zero-order valence-electron chi connectivity index (χ0n) is 12.3. The topological polar surface area (TPSA) is 97.1 Å². The van der Waals surface area contributed by atoms with E-state index in [1.807, 2.05) is 31.2 Å². The predicted molar refractivity (Wildman–Crippen MR) is 89.9 cm³/mol. The molecule has 0 aliphatic heterocycles. The van der Waals surface area contributed by atoms with Crippen LogP contribution in [0.2, 0.25) is 0 Å². The Labute approximate surface area is 145 Å². The van der Waals surface area contributed by atoms with Gasteiger partial charge in [0.15, 0.2) is 0 Å². The minimum Gasteiger partial charge on any atom is -0.411 e. The summed E-state index contributed by atoms with van der Waals surface area (Å²) >= 11 is 4.49. The van der Waals surface area contributed by atoms with Crippen molar-refractivity contribution in [2.75, 3.05) is 18.8 Å². The molecule has 0 atom stereocenters. The van der Waals surface area contributed by atoms with Gasteiger partial charge in [-0.2, -0.15) is 0 Å². The number of halogens is 1. The number of likely N-dealkylation sites (N-methyl/N-ethyl adjacent to an activating group) is 1. The Morgan fingerprint density at radius 2 is 2.09 bits per heavy atom. The molecule has 9 heteroatoms. The van der Waals surface area contributed by atoms with Crippen LogP contribution in [0.25, 0.3) is 11.5 Å². The number of carbonyl (C=O) groups is 2. The van der Waals surface area contributed by atoms with Gasteiger partial charge in [-0.05, 0) is 25.1 Å². The summed E-state index contributed by atoms with van der Waals surface area (Å²) in [5, 5.41) is 13.3. The molecule has 2 aromatic rings. The Kier molecular flexibility index (Phi) is 6.60. The Hall–Kier alpha value is -1.87. The van der Waals surface area contributed by atoms with Crippen LogP contribution in [0.1, 0.15) is 6.92 Å². The van der Waals surface area contributed by atoms with Gasteiger partial charge in [0.25, 0.3) is 5.22 Å². The Balaban J connectivity index is 1.83. The molecule has 0 saturated carbocycles. The van der Waals surface area contributed by atoms with Crippen LogP contribution in [0.15, 0.2) is 38.4 Å². The van der Waals surface area contributed by atoms with E-state index in [9.17, 15) is 9.59 Å². The normalized spacial score (nSPS) is 10.3. The highest BCUT2D eigenvalue weighted by molar-refractivity contribution is 9.10. The van der Waals surface area contributed by atoms with E-state index >= 15 is 0 Å². The van der Waals surface area contributed by atoms with Gasteiger partial charge in [-0.25, -0.2) is 0 Å². The van der Waals surface area contributed by atoms with E-state index in [0.717, 1.165) is 21.8 Å². The highest BCUT2D eigenvalue weighted by Gasteiger charge is 2.12.